The number of hydrogen-bond donors (Lipinski definition) is 3. The number of halogens is 3. The molecule has 0 bridgehead atoms. The van der Waals surface area contributed by atoms with E-state index in [0.29, 0.717) is 19.7 Å². The summed E-state index contributed by atoms with van der Waals surface area (Å²) in [5, 5.41) is 27.5. The van der Waals surface area contributed by atoms with Crippen LogP contribution < -0.4 is 10.7 Å². The summed E-state index contributed by atoms with van der Waals surface area (Å²) in [5.74, 6) is -0.652. The molecule has 26 heavy (non-hydrogen) atoms. The summed E-state index contributed by atoms with van der Waals surface area (Å²) in [6.07, 6.45) is 1.12. The van der Waals surface area contributed by atoms with Crippen LogP contribution in [0.15, 0.2) is 44.4 Å². The maximum Gasteiger partial charge on any atom is 0.270 e. The average molecular weight is 507 g/mol. The van der Waals surface area contributed by atoms with Crippen LogP contribution in [-0.2, 0) is 4.79 Å². The first kappa shape index (κ1) is 20.1. The van der Waals surface area contributed by atoms with E-state index in [9.17, 15) is 20.0 Å². The zero-order valence-corrected chi connectivity index (χ0v) is 16.8. The quantitative estimate of drug-likeness (QED) is 0.311. The van der Waals surface area contributed by atoms with E-state index in [4.69, 9.17) is 11.6 Å². The third kappa shape index (κ3) is 5.41. The third-order valence-electron chi connectivity index (χ3n) is 3.05. The largest absolute Gasteiger partial charge is 0.507 e. The predicted molar refractivity (Wildman–Crippen MR) is 106 cm³/mol. The summed E-state index contributed by atoms with van der Waals surface area (Å²) in [4.78, 5) is 22.0. The van der Waals surface area contributed by atoms with Crippen molar-refractivity contribution in [3.05, 3.63) is 60.0 Å². The maximum absolute atomic E-state index is 11.8. The van der Waals surface area contributed by atoms with Crippen LogP contribution in [0, 0.1) is 10.1 Å². The SMILES string of the molecule is O=C(CNc1c(Br)cc(Cl)cc1Br)NN=Cc1cc([N+](=O)[O-])ccc1O. The van der Waals surface area contributed by atoms with Crippen LogP contribution in [0.25, 0.3) is 0 Å². The molecule has 0 unspecified atom stereocenters. The molecule has 0 saturated carbocycles. The van der Waals surface area contributed by atoms with Crippen LogP contribution in [0.4, 0.5) is 11.4 Å². The highest BCUT2D eigenvalue weighted by Gasteiger charge is 2.10. The monoisotopic (exact) mass is 504 g/mol. The lowest BCUT2D eigenvalue weighted by atomic mass is 10.2. The molecular formula is C15H11Br2ClN4O4. The lowest BCUT2D eigenvalue weighted by Gasteiger charge is -2.10. The molecule has 2 aromatic rings. The molecule has 2 rings (SSSR count). The minimum Gasteiger partial charge on any atom is -0.507 e. The van der Waals surface area contributed by atoms with Crippen molar-refractivity contribution in [2.24, 2.45) is 5.10 Å². The predicted octanol–water partition coefficient (Wildman–Crippen LogP) is 4.04. The Morgan fingerprint density at radius 1 is 1.31 bits per heavy atom. The number of nitrogens with zero attached hydrogens (tertiary/aromatic N) is 2. The number of rotatable bonds is 6. The fourth-order valence-corrected chi connectivity index (χ4v) is 3.80. The minimum absolute atomic E-state index is 0.0862. The standard InChI is InChI=1S/C15H11Br2ClN4O4/c16-11-4-9(18)5-12(17)15(11)19-7-14(24)21-20-6-8-3-10(22(25)26)1-2-13(8)23/h1-6,19,23H,7H2,(H,21,24). The molecule has 0 saturated heterocycles. The summed E-state index contributed by atoms with van der Waals surface area (Å²) in [5.41, 5.74) is 2.81. The van der Waals surface area contributed by atoms with E-state index in [1.54, 1.807) is 12.1 Å². The first-order chi connectivity index (χ1) is 12.3. The van der Waals surface area contributed by atoms with Gasteiger partial charge in [-0.25, -0.2) is 5.43 Å². The smallest absolute Gasteiger partial charge is 0.270 e. The molecule has 136 valence electrons. The minimum atomic E-state index is -0.596. The molecule has 0 atom stereocenters. The number of hydrazone groups is 1. The van der Waals surface area contributed by atoms with Crippen LogP contribution in [0.2, 0.25) is 5.02 Å². The van der Waals surface area contributed by atoms with Gasteiger partial charge in [-0.3, -0.25) is 14.9 Å². The number of amides is 1. The molecule has 0 aliphatic heterocycles. The lowest BCUT2D eigenvalue weighted by molar-refractivity contribution is -0.384. The first-order valence-electron chi connectivity index (χ1n) is 6.95. The number of aromatic hydroxyl groups is 1. The molecular weight excluding hydrogens is 495 g/mol. The Labute approximate surface area is 169 Å². The van der Waals surface area contributed by atoms with Gasteiger partial charge in [0.25, 0.3) is 11.6 Å². The zero-order chi connectivity index (χ0) is 19.3. The van der Waals surface area contributed by atoms with Gasteiger partial charge >= 0.3 is 0 Å². The van der Waals surface area contributed by atoms with Crippen LogP contribution in [0.3, 0.4) is 0 Å². The summed E-state index contributed by atoms with van der Waals surface area (Å²) in [7, 11) is 0. The van der Waals surface area contributed by atoms with Gasteiger partial charge in [-0.15, -0.1) is 0 Å². The molecule has 0 aliphatic rings. The molecule has 0 aromatic heterocycles. The van der Waals surface area contributed by atoms with Gasteiger partial charge in [0.2, 0.25) is 0 Å². The number of nitro groups is 1. The molecule has 11 heteroatoms. The summed E-state index contributed by atoms with van der Waals surface area (Å²) in [6.45, 7) is -0.0862. The van der Waals surface area contributed by atoms with Gasteiger partial charge in [-0.1, -0.05) is 11.6 Å². The van der Waals surface area contributed by atoms with Crippen LogP contribution in [0.1, 0.15) is 5.56 Å². The average Bonchev–Trinajstić information content (AvgIpc) is 2.55. The van der Waals surface area contributed by atoms with Crippen molar-refractivity contribution in [3.63, 3.8) is 0 Å². The summed E-state index contributed by atoms with van der Waals surface area (Å²) in [6, 6.07) is 6.84. The number of nitro benzene ring substituents is 1. The van der Waals surface area contributed by atoms with Crippen LogP contribution >= 0.6 is 43.5 Å². The fourth-order valence-electron chi connectivity index (χ4n) is 1.85. The van der Waals surface area contributed by atoms with Crippen molar-refractivity contribution in [3.8, 4) is 5.75 Å². The van der Waals surface area contributed by atoms with E-state index in [1.165, 1.54) is 6.07 Å². The molecule has 3 N–H and O–H groups in total. The first-order valence-corrected chi connectivity index (χ1v) is 8.92. The van der Waals surface area contributed by atoms with Gasteiger partial charge in [0.05, 0.1) is 23.4 Å². The highest BCUT2D eigenvalue weighted by Crippen LogP contribution is 2.33. The van der Waals surface area contributed by atoms with Gasteiger partial charge in [-0.05, 0) is 50.1 Å². The van der Waals surface area contributed by atoms with Crippen LogP contribution in [0.5, 0.6) is 5.75 Å². The number of non-ortho nitro benzene ring substituents is 1. The van der Waals surface area contributed by atoms with Crippen LogP contribution in [-0.4, -0.2) is 28.7 Å². The van der Waals surface area contributed by atoms with E-state index in [1.807, 2.05) is 0 Å². The van der Waals surface area contributed by atoms with Crippen molar-refractivity contribution in [2.75, 3.05) is 11.9 Å². The second-order valence-electron chi connectivity index (χ2n) is 4.89. The van der Waals surface area contributed by atoms with E-state index >= 15 is 0 Å². The zero-order valence-electron chi connectivity index (χ0n) is 12.9. The molecule has 0 aliphatic carbocycles. The van der Waals surface area contributed by atoms with Crippen molar-refractivity contribution >= 4 is 67.0 Å². The Kier molecular flexibility index (Phi) is 6.95. The number of nitrogens with one attached hydrogen (secondary N) is 2. The van der Waals surface area contributed by atoms with Gasteiger partial charge < -0.3 is 10.4 Å². The van der Waals surface area contributed by atoms with Gasteiger partial charge in [0.1, 0.15) is 5.75 Å². The van der Waals surface area contributed by atoms with Gasteiger partial charge in [0, 0.05) is 31.7 Å². The molecule has 0 radical (unpaired) electrons. The molecule has 2 aromatic carbocycles. The maximum atomic E-state index is 11.8. The van der Waals surface area contributed by atoms with E-state index in [-0.39, 0.29) is 23.5 Å². The molecule has 8 nitrogen and oxygen atoms in total. The Morgan fingerprint density at radius 2 is 1.96 bits per heavy atom. The second-order valence-corrected chi connectivity index (χ2v) is 7.04. The number of phenolic OH excluding ortho intramolecular Hbond substituents is 1. The normalized spacial score (nSPS) is 10.7. The second kappa shape index (κ2) is 8.97. The Morgan fingerprint density at radius 3 is 2.58 bits per heavy atom. The van der Waals surface area contributed by atoms with Gasteiger partial charge in [0.15, 0.2) is 0 Å². The number of benzene rings is 2. The molecule has 0 heterocycles. The summed E-state index contributed by atoms with van der Waals surface area (Å²) >= 11 is 12.6. The highest BCUT2D eigenvalue weighted by atomic mass is 79.9. The van der Waals surface area contributed by atoms with Gasteiger partial charge in [-0.2, -0.15) is 5.10 Å². The van der Waals surface area contributed by atoms with E-state index < -0.39 is 10.8 Å². The lowest BCUT2D eigenvalue weighted by Crippen LogP contribution is -2.26. The Bertz CT molecular complexity index is 869. The number of carbonyl (C=O) groups is 1. The summed E-state index contributed by atoms with van der Waals surface area (Å²) < 4.78 is 1.35. The fraction of sp³-hybridized carbons (Fsp3) is 0.0667. The molecule has 0 fully saturated rings. The Balaban J connectivity index is 1.96. The number of carbonyl (C=O) groups excluding carboxylic acids is 1. The topological polar surface area (TPSA) is 117 Å². The third-order valence-corrected chi connectivity index (χ3v) is 4.52. The highest BCUT2D eigenvalue weighted by molar-refractivity contribution is 9.11. The van der Waals surface area contributed by atoms with E-state index in [2.05, 4.69) is 47.7 Å². The van der Waals surface area contributed by atoms with E-state index in [0.717, 1.165) is 18.3 Å². The van der Waals surface area contributed by atoms with Crippen molar-refractivity contribution in [2.45, 2.75) is 0 Å². The number of phenols is 1. The van der Waals surface area contributed by atoms with Crippen molar-refractivity contribution in [1.82, 2.24) is 5.43 Å². The number of anilines is 1. The van der Waals surface area contributed by atoms with Crippen molar-refractivity contribution in [1.29, 1.82) is 0 Å². The molecule has 1 amide bonds. The number of hydrogen-bond acceptors (Lipinski definition) is 6. The molecule has 0 spiro atoms. The Hall–Kier alpha value is -2.17. The van der Waals surface area contributed by atoms with Crippen molar-refractivity contribution < 1.29 is 14.8 Å².